The standard InChI is InChI=1S/C13H19IN2/c1-9-5-6-16(10(2)7-9)13-4-3-11(14)8-12(13)15/h3-4,8-10H,5-7,15H2,1-2H3. The Labute approximate surface area is 111 Å². The average Bonchev–Trinajstić information content (AvgIpc) is 2.19. The molecular formula is C13H19IN2. The minimum Gasteiger partial charge on any atom is -0.397 e. The fourth-order valence-corrected chi connectivity index (χ4v) is 3.07. The highest BCUT2D eigenvalue weighted by Gasteiger charge is 2.24. The van der Waals surface area contributed by atoms with Crippen LogP contribution in [-0.4, -0.2) is 12.6 Å². The third-order valence-corrected chi connectivity index (χ3v) is 4.11. The van der Waals surface area contributed by atoms with E-state index in [9.17, 15) is 0 Å². The number of rotatable bonds is 1. The summed E-state index contributed by atoms with van der Waals surface area (Å²) in [6, 6.07) is 6.95. The van der Waals surface area contributed by atoms with Gasteiger partial charge in [-0.1, -0.05) is 6.92 Å². The molecule has 1 heterocycles. The van der Waals surface area contributed by atoms with Crippen LogP contribution in [0, 0.1) is 9.49 Å². The Morgan fingerprint density at radius 3 is 2.75 bits per heavy atom. The molecule has 0 aliphatic carbocycles. The van der Waals surface area contributed by atoms with Gasteiger partial charge < -0.3 is 10.6 Å². The number of nitrogens with two attached hydrogens (primary N) is 1. The van der Waals surface area contributed by atoms with Gasteiger partial charge in [0.15, 0.2) is 0 Å². The summed E-state index contributed by atoms with van der Waals surface area (Å²) in [7, 11) is 0. The molecule has 0 aromatic heterocycles. The maximum Gasteiger partial charge on any atom is 0.0603 e. The zero-order valence-corrected chi connectivity index (χ0v) is 12.1. The van der Waals surface area contributed by atoms with Crippen LogP contribution in [0.1, 0.15) is 26.7 Å². The smallest absolute Gasteiger partial charge is 0.0603 e. The molecule has 1 aliphatic rings. The lowest BCUT2D eigenvalue weighted by molar-refractivity contribution is 0.378. The summed E-state index contributed by atoms with van der Waals surface area (Å²) in [4.78, 5) is 2.45. The van der Waals surface area contributed by atoms with Crippen LogP contribution in [0.4, 0.5) is 11.4 Å². The molecule has 1 saturated heterocycles. The second-order valence-electron chi connectivity index (χ2n) is 4.88. The van der Waals surface area contributed by atoms with Crippen LogP contribution < -0.4 is 10.6 Å². The Morgan fingerprint density at radius 2 is 2.12 bits per heavy atom. The molecule has 1 aromatic rings. The molecule has 2 unspecified atom stereocenters. The van der Waals surface area contributed by atoms with Crippen molar-refractivity contribution in [2.75, 3.05) is 17.2 Å². The molecule has 0 bridgehead atoms. The number of anilines is 2. The van der Waals surface area contributed by atoms with E-state index in [1.54, 1.807) is 0 Å². The van der Waals surface area contributed by atoms with Gasteiger partial charge >= 0.3 is 0 Å². The molecule has 0 amide bonds. The van der Waals surface area contributed by atoms with Gasteiger partial charge in [0, 0.05) is 16.2 Å². The van der Waals surface area contributed by atoms with Crippen LogP contribution in [0.25, 0.3) is 0 Å². The van der Waals surface area contributed by atoms with Crippen molar-refractivity contribution in [2.45, 2.75) is 32.7 Å². The van der Waals surface area contributed by atoms with Gasteiger partial charge in [-0.05, 0) is 66.5 Å². The number of nitrogen functional groups attached to an aromatic ring is 1. The molecule has 0 radical (unpaired) electrons. The summed E-state index contributed by atoms with van der Waals surface area (Å²) >= 11 is 2.30. The molecule has 88 valence electrons. The van der Waals surface area contributed by atoms with Crippen molar-refractivity contribution < 1.29 is 0 Å². The Kier molecular flexibility index (Phi) is 3.62. The molecule has 2 rings (SSSR count). The van der Waals surface area contributed by atoms with Gasteiger partial charge in [-0.25, -0.2) is 0 Å². The molecule has 1 aliphatic heterocycles. The van der Waals surface area contributed by atoms with E-state index >= 15 is 0 Å². The van der Waals surface area contributed by atoms with Gasteiger partial charge in [-0.15, -0.1) is 0 Å². The molecule has 2 atom stereocenters. The summed E-state index contributed by atoms with van der Waals surface area (Å²) in [5, 5.41) is 0. The van der Waals surface area contributed by atoms with E-state index in [-0.39, 0.29) is 0 Å². The number of hydrogen-bond acceptors (Lipinski definition) is 2. The Morgan fingerprint density at radius 1 is 1.38 bits per heavy atom. The van der Waals surface area contributed by atoms with Crippen LogP contribution in [0.15, 0.2) is 18.2 Å². The first-order valence-corrected chi connectivity index (χ1v) is 6.97. The van der Waals surface area contributed by atoms with E-state index in [4.69, 9.17) is 5.73 Å². The Bertz CT molecular complexity index is 378. The van der Waals surface area contributed by atoms with Crippen molar-refractivity contribution in [2.24, 2.45) is 5.92 Å². The van der Waals surface area contributed by atoms with E-state index in [1.807, 2.05) is 0 Å². The molecule has 1 aromatic carbocycles. The molecule has 0 saturated carbocycles. The number of benzene rings is 1. The third-order valence-electron chi connectivity index (χ3n) is 3.44. The quantitative estimate of drug-likeness (QED) is 0.631. The van der Waals surface area contributed by atoms with Gasteiger partial charge in [-0.3, -0.25) is 0 Å². The Hall–Kier alpha value is -0.450. The Balaban J connectivity index is 2.23. The number of piperidine rings is 1. The molecule has 2 nitrogen and oxygen atoms in total. The molecule has 0 spiro atoms. The van der Waals surface area contributed by atoms with Gasteiger partial charge in [0.2, 0.25) is 0 Å². The van der Waals surface area contributed by atoms with E-state index in [1.165, 1.54) is 22.1 Å². The molecular weight excluding hydrogens is 311 g/mol. The van der Waals surface area contributed by atoms with Gasteiger partial charge in [0.25, 0.3) is 0 Å². The zero-order valence-electron chi connectivity index (χ0n) is 9.91. The fourth-order valence-electron chi connectivity index (χ4n) is 2.55. The lowest BCUT2D eigenvalue weighted by Crippen LogP contribution is -2.40. The number of halogens is 1. The monoisotopic (exact) mass is 330 g/mol. The van der Waals surface area contributed by atoms with Crippen molar-refractivity contribution in [1.82, 2.24) is 0 Å². The van der Waals surface area contributed by atoms with Crippen LogP contribution >= 0.6 is 22.6 Å². The maximum absolute atomic E-state index is 6.10. The van der Waals surface area contributed by atoms with Gasteiger partial charge in [0.1, 0.15) is 0 Å². The minimum absolute atomic E-state index is 0.603. The fraction of sp³-hybridized carbons (Fsp3) is 0.538. The van der Waals surface area contributed by atoms with E-state index in [0.717, 1.165) is 18.2 Å². The zero-order chi connectivity index (χ0) is 11.7. The van der Waals surface area contributed by atoms with Crippen molar-refractivity contribution in [3.05, 3.63) is 21.8 Å². The second-order valence-corrected chi connectivity index (χ2v) is 6.12. The first-order chi connectivity index (χ1) is 7.58. The predicted molar refractivity (Wildman–Crippen MR) is 78.8 cm³/mol. The lowest BCUT2D eigenvalue weighted by atomic mass is 9.93. The second kappa shape index (κ2) is 4.82. The molecule has 2 N–H and O–H groups in total. The lowest BCUT2D eigenvalue weighted by Gasteiger charge is -2.38. The van der Waals surface area contributed by atoms with Crippen molar-refractivity contribution >= 4 is 34.0 Å². The van der Waals surface area contributed by atoms with Gasteiger partial charge in [-0.2, -0.15) is 0 Å². The summed E-state index contributed by atoms with van der Waals surface area (Å²) in [5.41, 5.74) is 8.22. The summed E-state index contributed by atoms with van der Waals surface area (Å²) in [5.74, 6) is 0.844. The summed E-state index contributed by atoms with van der Waals surface area (Å²) in [6.07, 6.45) is 2.54. The summed E-state index contributed by atoms with van der Waals surface area (Å²) in [6.45, 7) is 5.77. The van der Waals surface area contributed by atoms with E-state index in [0.29, 0.717) is 6.04 Å². The van der Waals surface area contributed by atoms with Crippen LogP contribution in [0.3, 0.4) is 0 Å². The van der Waals surface area contributed by atoms with Crippen molar-refractivity contribution in [1.29, 1.82) is 0 Å². The van der Waals surface area contributed by atoms with Crippen LogP contribution in [0.2, 0.25) is 0 Å². The number of nitrogens with zero attached hydrogens (tertiary/aromatic N) is 1. The normalized spacial score (nSPS) is 25.8. The molecule has 16 heavy (non-hydrogen) atoms. The van der Waals surface area contributed by atoms with Gasteiger partial charge in [0.05, 0.1) is 11.4 Å². The van der Waals surface area contributed by atoms with Crippen LogP contribution in [-0.2, 0) is 0 Å². The molecule has 3 heteroatoms. The largest absolute Gasteiger partial charge is 0.397 e. The molecule has 1 fully saturated rings. The maximum atomic E-state index is 6.10. The predicted octanol–water partition coefficient (Wildman–Crippen LogP) is 3.50. The highest BCUT2D eigenvalue weighted by molar-refractivity contribution is 14.1. The SMILES string of the molecule is CC1CCN(c2ccc(I)cc2N)C(C)C1. The highest BCUT2D eigenvalue weighted by Crippen LogP contribution is 2.32. The minimum atomic E-state index is 0.603. The van der Waals surface area contributed by atoms with Crippen molar-refractivity contribution in [3.63, 3.8) is 0 Å². The van der Waals surface area contributed by atoms with E-state index in [2.05, 4.69) is 59.5 Å². The first kappa shape index (κ1) is 12.0. The van der Waals surface area contributed by atoms with Crippen molar-refractivity contribution in [3.8, 4) is 0 Å². The third kappa shape index (κ3) is 2.44. The number of hydrogen-bond donors (Lipinski definition) is 1. The van der Waals surface area contributed by atoms with Crippen LogP contribution in [0.5, 0.6) is 0 Å². The highest BCUT2D eigenvalue weighted by atomic mass is 127. The van der Waals surface area contributed by atoms with E-state index < -0.39 is 0 Å². The first-order valence-electron chi connectivity index (χ1n) is 5.89. The summed E-state index contributed by atoms with van der Waals surface area (Å²) < 4.78 is 1.21. The average molecular weight is 330 g/mol. The topological polar surface area (TPSA) is 29.3 Å².